The van der Waals surface area contributed by atoms with Gasteiger partial charge in [0.1, 0.15) is 17.6 Å². The van der Waals surface area contributed by atoms with Crippen LogP contribution in [0.1, 0.15) is 29.3 Å². The maximum atomic E-state index is 11.9. The molecular formula is C12H12O5. The summed E-state index contributed by atoms with van der Waals surface area (Å²) in [5.74, 6) is -1.02. The first-order valence-electron chi connectivity index (χ1n) is 5.25. The lowest BCUT2D eigenvalue weighted by Gasteiger charge is -2.24. The molecule has 0 aromatic heterocycles. The molecule has 1 heterocycles. The van der Waals surface area contributed by atoms with Crippen LogP contribution in [0.4, 0.5) is 0 Å². The molecule has 0 saturated carbocycles. The highest BCUT2D eigenvalue weighted by molar-refractivity contribution is 6.02. The fourth-order valence-electron chi connectivity index (χ4n) is 1.99. The molecule has 0 fully saturated rings. The molecule has 0 spiro atoms. The molecule has 2 rings (SSSR count). The van der Waals surface area contributed by atoms with Gasteiger partial charge in [0.15, 0.2) is 5.78 Å². The molecule has 0 amide bonds. The van der Waals surface area contributed by atoms with Gasteiger partial charge < -0.3 is 14.9 Å². The first-order valence-corrected chi connectivity index (χ1v) is 5.25. The molecule has 0 saturated heterocycles. The number of carbonyl (C=O) groups is 2. The lowest BCUT2D eigenvalue weighted by atomic mass is 9.94. The number of aromatic hydroxyl groups is 1. The van der Waals surface area contributed by atoms with Crippen molar-refractivity contribution in [3.05, 3.63) is 23.3 Å². The van der Waals surface area contributed by atoms with Crippen molar-refractivity contribution in [2.45, 2.75) is 25.9 Å². The summed E-state index contributed by atoms with van der Waals surface area (Å²) < 4.78 is 5.43. The highest BCUT2D eigenvalue weighted by Crippen LogP contribution is 2.34. The number of rotatable bonds is 2. The van der Waals surface area contributed by atoms with E-state index < -0.39 is 5.97 Å². The van der Waals surface area contributed by atoms with Crippen LogP contribution in [0.25, 0.3) is 0 Å². The standard InChI is InChI=1S/C12H12O5/c1-6-2-9(14)12-7(4-11(15)16)3-8(13)5-10(12)17-6/h3,5-6,13H,2,4H2,1H3,(H,15,16)/t6-/m1/s1. The number of carboxylic acids is 1. The van der Waals surface area contributed by atoms with Gasteiger partial charge in [-0.15, -0.1) is 0 Å². The van der Waals surface area contributed by atoms with Crippen molar-refractivity contribution >= 4 is 11.8 Å². The van der Waals surface area contributed by atoms with E-state index in [0.717, 1.165) is 0 Å². The van der Waals surface area contributed by atoms with Gasteiger partial charge in [-0.2, -0.15) is 0 Å². The van der Waals surface area contributed by atoms with Crippen molar-refractivity contribution in [2.24, 2.45) is 0 Å². The fraction of sp³-hybridized carbons (Fsp3) is 0.333. The minimum Gasteiger partial charge on any atom is -0.508 e. The van der Waals surface area contributed by atoms with Crippen LogP contribution in [0, 0.1) is 0 Å². The van der Waals surface area contributed by atoms with E-state index in [1.165, 1.54) is 12.1 Å². The molecule has 0 unspecified atom stereocenters. The summed E-state index contributed by atoms with van der Waals surface area (Å²) in [5, 5.41) is 18.2. The van der Waals surface area contributed by atoms with Crippen LogP contribution >= 0.6 is 0 Å². The molecule has 0 radical (unpaired) electrons. The number of Topliss-reactive ketones (excluding diaryl/α,β-unsaturated/α-hetero) is 1. The third-order valence-corrected chi connectivity index (χ3v) is 2.59. The molecule has 1 aliphatic rings. The van der Waals surface area contributed by atoms with Gasteiger partial charge in [-0.1, -0.05) is 0 Å². The number of fused-ring (bicyclic) bond motifs is 1. The van der Waals surface area contributed by atoms with E-state index in [0.29, 0.717) is 5.56 Å². The number of carbonyl (C=O) groups excluding carboxylic acids is 1. The van der Waals surface area contributed by atoms with Gasteiger partial charge in [-0.05, 0) is 18.6 Å². The van der Waals surface area contributed by atoms with E-state index in [4.69, 9.17) is 9.84 Å². The summed E-state index contributed by atoms with van der Waals surface area (Å²) in [6.45, 7) is 1.75. The third-order valence-electron chi connectivity index (χ3n) is 2.59. The van der Waals surface area contributed by atoms with Crippen molar-refractivity contribution in [1.29, 1.82) is 0 Å². The quantitative estimate of drug-likeness (QED) is 0.810. The Balaban J connectivity index is 2.53. The summed E-state index contributed by atoms with van der Waals surface area (Å²) in [7, 11) is 0. The van der Waals surface area contributed by atoms with Crippen LogP contribution < -0.4 is 4.74 Å². The molecule has 17 heavy (non-hydrogen) atoms. The van der Waals surface area contributed by atoms with Gasteiger partial charge in [-0.3, -0.25) is 9.59 Å². The Morgan fingerprint density at radius 2 is 2.24 bits per heavy atom. The Kier molecular flexibility index (Phi) is 2.75. The van der Waals surface area contributed by atoms with E-state index in [1.807, 2.05) is 0 Å². The highest BCUT2D eigenvalue weighted by atomic mass is 16.5. The predicted molar refractivity (Wildman–Crippen MR) is 58.5 cm³/mol. The van der Waals surface area contributed by atoms with E-state index >= 15 is 0 Å². The molecule has 5 heteroatoms. The van der Waals surface area contributed by atoms with Crippen molar-refractivity contribution in [3.8, 4) is 11.5 Å². The number of ketones is 1. The van der Waals surface area contributed by atoms with E-state index in [9.17, 15) is 14.7 Å². The second-order valence-electron chi connectivity index (χ2n) is 4.10. The Labute approximate surface area is 97.6 Å². The number of carboxylic acid groups (broad SMARTS) is 1. The Bertz CT molecular complexity index is 492. The highest BCUT2D eigenvalue weighted by Gasteiger charge is 2.27. The average Bonchev–Trinajstić information content (AvgIpc) is 2.13. The molecule has 1 aromatic carbocycles. The molecule has 0 bridgehead atoms. The third kappa shape index (κ3) is 2.22. The molecule has 1 atom stereocenters. The topological polar surface area (TPSA) is 83.8 Å². The number of phenols is 1. The first kappa shape index (κ1) is 11.4. The van der Waals surface area contributed by atoms with E-state index in [2.05, 4.69) is 0 Å². The van der Waals surface area contributed by atoms with Crippen LogP contribution in [0.2, 0.25) is 0 Å². The minimum atomic E-state index is -1.05. The van der Waals surface area contributed by atoms with Crippen LogP contribution in [-0.2, 0) is 11.2 Å². The van der Waals surface area contributed by atoms with Crippen LogP contribution in [0.3, 0.4) is 0 Å². The molecular weight excluding hydrogens is 224 g/mol. The van der Waals surface area contributed by atoms with Gasteiger partial charge in [0.2, 0.25) is 0 Å². The number of benzene rings is 1. The normalized spacial score (nSPS) is 18.4. The zero-order valence-corrected chi connectivity index (χ0v) is 9.27. The van der Waals surface area contributed by atoms with Gasteiger partial charge >= 0.3 is 5.97 Å². The lowest BCUT2D eigenvalue weighted by Crippen LogP contribution is -2.25. The monoisotopic (exact) mass is 236 g/mol. The molecule has 5 nitrogen and oxygen atoms in total. The second-order valence-corrected chi connectivity index (χ2v) is 4.10. The molecule has 90 valence electrons. The maximum absolute atomic E-state index is 11.9. The lowest BCUT2D eigenvalue weighted by molar-refractivity contribution is -0.136. The Morgan fingerprint density at radius 3 is 2.88 bits per heavy atom. The number of hydrogen-bond donors (Lipinski definition) is 2. The average molecular weight is 236 g/mol. The zero-order chi connectivity index (χ0) is 12.6. The summed E-state index contributed by atoms with van der Waals surface area (Å²) in [6, 6.07) is 2.64. The Morgan fingerprint density at radius 1 is 1.53 bits per heavy atom. The summed E-state index contributed by atoms with van der Waals surface area (Å²) in [5.41, 5.74) is 0.577. The van der Waals surface area contributed by atoms with Crippen LogP contribution in [0.5, 0.6) is 11.5 Å². The van der Waals surface area contributed by atoms with Crippen LogP contribution in [0.15, 0.2) is 12.1 Å². The van der Waals surface area contributed by atoms with Crippen molar-refractivity contribution in [1.82, 2.24) is 0 Å². The molecule has 1 aromatic rings. The smallest absolute Gasteiger partial charge is 0.307 e. The summed E-state index contributed by atoms with van der Waals surface area (Å²) in [6.07, 6.45) is -0.334. The zero-order valence-electron chi connectivity index (χ0n) is 9.27. The maximum Gasteiger partial charge on any atom is 0.307 e. The van der Waals surface area contributed by atoms with Crippen molar-refractivity contribution < 1.29 is 24.5 Å². The number of hydrogen-bond acceptors (Lipinski definition) is 4. The van der Waals surface area contributed by atoms with Crippen molar-refractivity contribution in [2.75, 3.05) is 0 Å². The largest absolute Gasteiger partial charge is 0.508 e. The molecule has 0 aliphatic carbocycles. The number of aliphatic carboxylic acids is 1. The van der Waals surface area contributed by atoms with Gasteiger partial charge in [-0.25, -0.2) is 0 Å². The number of ether oxygens (including phenoxy) is 1. The SMILES string of the molecule is C[C@@H]1CC(=O)c2c(CC(=O)O)cc(O)cc2O1. The van der Waals surface area contributed by atoms with E-state index in [1.54, 1.807) is 6.92 Å². The fourth-order valence-corrected chi connectivity index (χ4v) is 1.99. The van der Waals surface area contributed by atoms with E-state index in [-0.39, 0.29) is 41.8 Å². The Hall–Kier alpha value is -2.04. The summed E-state index contributed by atoms with van der Waals surface area (Å²) in [4.78, 5) is 22.6. The first-order chi connectivity index (χ1) is 7.97. The van der Waals surface area contributed by atoms with Gasteiger partial charge in [0, 0.05) is 12.5 Å². The predicted octanol–water partition coefficient (Wildman–Crippen LogP) is 1.37. The van der Waals surface area contributed by atoms with Crippen molar-refractivity contribution in [3.63, 3.8) is 0 Å². The second kappa shape index (κ2) is 4.08. The summed E-state index contributed by atoms with van der Waals surface area (Å²) >= 11 is 0. The minimum absolute atomic E-state index is 0.0955. The molecule has 1 aliphatic heterocycles. The van der Waals surface area contributed by atoms with Gasteiger partial charge in [0.05, 0.1) is 12.0 Å². The van der Waals surface area contributed by atoms with Crippen LogP contribution in [-0.4, -0.2) is 28.1 Å². The number of phenolic OH excluding ortho intramolecular Hbond substituents is 1. The van der Waals surface area contributed by atoms with Gasteiger partial charge in [0.25, 0.3) is 0 Å². The molecule has 2 N–H and O–H groups in total.